The summed E-state index contributed by atoms with van der Waals surface area (Å²) >= 11 is 6.02. The van der Waals surface area contributed by atoms with E-state index in [2.05, 4.69) is 20.4 Å². The first-order valence-corrected chi connectivity index (χ1v) is 8.67. The molecule has 0 spiro atoms. The summed E-state index contributed by atoms with van der Waals surface area (Å²) in [7, 11) is 0. The van der Waals surface area contributed by atoms with Gasteiger partial charge >= 0.3 is 5.97 Å². The van der Waals surface area contributed by atoms with Crippen molar-refractivity contribution >= 4 is 40.1 Å². The Morgan fingerprint density at radius 2 is 2.04 bits per heavy atom. The van der Waals surface area contributed by atoms with Gasteiger partial charge in [-0.05, 0) is 30.3 Å². The molecule has 2 aromatic heterocycles. The van der Waals surface area contributed by atoms with Crippen LogP contribution in [-0.4, -0.2) is 38.2 Å². The Hall–Kier alpha value is -3.65. The van der Waals surface area contributed by atoms with E-state index < -0.39 is 18.5 Å². The summed E-state index contributed by atoms with van der Waals surface area (Å²) in [5.74, 6) is -1.12. The number of hydrogen-bond donors (Lipinski definition) is 2. The number of amides is 1. The Balaban J connectivity index is 1.43. The van der Waals surface area contributed by atoms with Gasteiger partial charge in [0.25, 0.3) is 5.91 Å². The van der Waals surface area contributed by atoms with Gasteiger partial charge in [-0.3, -0.25) is 4.79 Å². The lowest BCUT2D eigenvalue weighted by Crippen LogP contribution is -2.22. The topological polar surface area (TPSA) is 102 Å². The van der Waals surface area contributed by atoms with Crippen LogP contribution in [0, 0.1) is 0 Å². The number of halogens is 1. The molecule has 140 valence electrons. The summed E-state index contributed by atoms with van der Waals surface area (Å²) < 4.78 is 6.59. The molecule has 1 amide bonds. The van der Waals surface area contributed by atoms with E-state index in [-0.39, 0.29) is 5.69 Å². The van der Waals surface area contributed by atoms with Crippen LogP contribution in [0.15, 0.2) is 61.2 Å². The molecular formula is C19H14ClN5O3. The molecule has 0 fully saturated rings. The number of nitrogens with zero attached hydrogens (tertiary/aromatic N) is 3. The number of ether oxygens (including phenoxy) is 1. The van der Waals surface area contributed by atoms with Crippen LogP contribution in [-0.2, 0) is 9.53 Å². The average Bonchev–Trinajstić information content (AvgIpc) is 3.36. The third-order valence-electron chi connectivity index (χ3n) is 3.98. The molecule has 0 aliphatic carbocycles. The zero-order valence-electron chi connectivity index (χ0n) is 14.4. The van der Waals surface area contributed by atoms with Gasteiger partial charge in [-0.15, -0.1) is 0 Å². The number of aromatic nitrogens is 4. The van der Waals surface area contributed by atoms with E-state index in [4.69, 9.17) is 16.3 Å². The van der Waals surface area contributed by atoms with E-state index in [0.29, 0.717) is 16.4 Å². The van der Waals surface area contributed by atoms with Crippen LogP contribution >= 0.6 is 11.6 Å². The van der Waals surface area contributed by atoms with Gasteiger partial charge in [0, 0.05) is 15.9 Å². The lowest BCUT2D eigenvalue weighted by Gasteiger charge is -2.11. The average molecular weight is 396 g/mol. The summed E-state index contributed by atoms with van der Waals surface area (Å²) in [6.45, 7) is -0.447. The smallest absolute Gasteiger partial charge is 0.355 e. The van der Waals surface area contributed by atoms with E-state index in [1.165, 1.54) is 17.3 Å². The SMILES string of the molecule is O=C(COC(=O)c1cc2ccccc2[nH]1)Nc1cc(Cl)ccc1-n1cncn1. The highest BCUT2D eigenvalue weighted by Crippen LogP contribution is 2.24. The molecule has 28 heavy (non-hydrogen) atoms. The fourth-order valence-electron chi connectivity index (χ4n) is 2.72. The fourth-order valence-corrected chi connectivity index (χ4v) is 2.89. The summed E-state index contributed by atoms with van der Waals surface area (Å²) in [6.07, 6.45) is 2.87. The standard InChI is InChI=1S/C19H14ClN5O3/c20-13-5-6-17(25-11-21-10-22-25)15(8-13)24-18(26)9-28-19(27)16-7-12-3-1-2-4-14(12)23-16/h1-8,10-11,23H,9H2,(H,24,26). The van der Waals surface area contributed by atoms with E-state index in [1.54, 1.807) is 24.3 Å². The summed E-state index contributed by atoms with van der Waals surface area (Å²) in [5, 5.41) is 8.04. The maximum absolute atomic E-state index is 12.3. The highest BCUT2D eigenvalue weighted by Gasteiger charge is 2.15. The molecular weight excluding hydrogens is 382 g/mol. The number of fused-ring (bicyclic) bond motifs is 1. The van der Waals surface area contributed by atoms with Crippen molar-refractivity contribution in [3.8, 4) is 5.69 Å². The Kier molecular flexibility index (Phi) is 4.77. The molecule has 0 saturated heterocycles. The number of benzene rings is 2. The molecule has 4 aromatic rings. The molecule has 4 rings (SSSR count). The Labute approximate surface area is 164 Å². The van der Waals surface area contributed by atoms with Crippen LogP contribution in [0.1, 0.15) is 10.5 Å². The first kappa shape index (κ1) is 17.7. The van der Waals surface area contributed by atoms with Crippen molar-refractivity contribution in [1.82, 2.24) is 19.7 Å². The van der Waals surface area contributed by atoms with Crippen LogP contribution in [0.5, 0.6) is 0 Å². The second-order valence-electron chi connectivity index (χ2n) is 5.90. The van der Waals surface area contributed by atoms with Crippen molar-refractivity contribution in [3.05, 3.63) is 71.9 Å². The van der Waals surface area contributed by atoms with Crippen molar-refractivity contribution in [1.29, 1.82) is 0 Å². The van der Waals surface area contributed by atoms with Gasteiger partial charge in [0.1, 0.15) is 18.3 Å². The lowest BCUT2D eigenvalue weighted by molar-refractivity contribution is -0.119. The number of carbonyl (C=O) groups excluding carboxylic acids is 2. The minimum Gasteiger partial charge on any atom is -0.451 e. The van der Waals surface area contributed by atoms with Gasteiger partial charge < -0.3 is 15.0 Å². The number of carbonyl (C=O) groups is 2. The molecule has 0 bridgehead atoms. The van der Waals surface area contributed by atoms with Gasteiger partial charge in [-0.25, -0.2) is 14.5 Å². The minimum absolute atomic E-state index is 0.278. The maximum Gasteiger partial charge on any atom is 0.355 e. The van der Waals surface area contributed by atoms with Gasteiger partial charge in [-0.1, -0.05) is 29.8 Å². The molecule has 2 aromatic carbocycles. The molecule has 9 heteroatoms. The third-order valence-corrected chi connectivity index (χ3v) is 4.22. The molecule has 2 heterocycles. The van der Waals surface area contributed by atoms with Crippen molar-refractivity contribution in [3.63, 3.8) is 0 Å². The number of hydrogen-bond acceptors (Lipinski definition) is 5. The lowest BCUT2D eigenvalue weighted by atomic mass is 10.2. The molecule has 0 atom stereocenters. The van der Waals surface area contributed by atoms with E-state index in [1.807, 2.05) is 24.3 Å². The molecule has 0 aliphatic heterocycles. The van der Waals surface area contributed by atoms with Crippen molar-refractivity contribution < 1.29 is 14.3 Å². The number of para-hydroxylation sites is 1. The monoisotopic (exact) mass is 395 g/mol. The molecule has 0 aliphatic rings. The number of rotatable bonds is 5. The van der Waals surface area contributed by atoms with E-state index in [9.17, 15) is 9.59 Å². The normalized spacial score (nSPS) is 10.8. The first-order valence-electron chi connectivity index (χ1n) is 8.29. The van der Waals surface area contributed by atoms with Crippen molar-refractivity contribution in [2.45, 2.75) is 0 Å². The number of aromatic amines is 1. The van der Waals surface area contributed by atoms with Gasteiger partial charge in [0.05, 0.1) is 11.4 Å². The molecule has 0 unspecified atom stereocenters. The van der Waals surface area contributed by atoms with Crippen LogP contribution in [0.2, 0.25) is 5.02 Å². The minimum atomic E-state index is -0.617. The van der Waals surface area contributed by atoms with Crippen molar-refractivity contribution in [2.75, 3.05) is 11.9 Å². The van der Waals surface area contributed by atoms with Crippen LogP contribution in [0.3, 0.4) is 0 Å². The Morgan fingerprint density at radius 1 is 1.18 bits per heavy atom. The summed E-state index contributed by atoms with van der Waals surface area (Å²) in [5.41, 5.74) is 2.09. The van der Waals surface area contributed by atoms with Gasteiger partial charge in [-0.2, -0.15) is 5.10 Å². The molecule has 0 radical (unpaired) electrons. The van der Waals surface area contributed by atoms with Crippen LogP contribution < -0.4 is 5.32 Å². The highest BCUT2D eigenvalue weighted by atomic mass is 35.5. The zero-order valence-corrected chi connectivity index (χ0v) is 15.2. The Bertz CT molecular complexity index is 1120. The predicted molar refractivity (Wildman–Crippen MR) is 104 cm³/mol. The van der Waals surface area contributed by atoms with Gasteiger partial charge in [0.2, 0.25) is 0 Å². The maximum atomic E-state index is 12.3. The molecule has 2 N–H and O–H groups in total. The van der Waals surface area contributed by atoms with Crippen LogP contribution in [0.25, 0.3) is 16.6 Å². The number of esters is 1. The number of H-pyrrole nitrogens is 1. The number of anilines is 1. The van der Waals surface area contributed by atoms with Crippen molar-refractivity contribution in [2.24, 2.45) is 0 Å². The third kappa shape index (κ3) is 3.72. The zero-order chi connectivity index (χ0) is 19.5. The van der Waals surface area contributed by atoms with E-state index >= 15 is 0 Å². The summed E-state index contributed by atoms with van der Waals surface area (Å²) in [6, 6.07) is 14.1. The quantitative estimate of drug-likeness (QED) is 0.505. The highest BCUT2D eigenvalue weighted by molar-refractivity contribution is 6.31. The van der Waals surface area contributed by atoms with Gasteiger partial charge in [0.15, 0.2) is 6.61 Å². The second-order valence-corrected chi connectivity index (χ2v) is 6.33. The summed E-state index contributed by atoms with van der Waals surface area (Å²) in [4.78, 5) is 31.3. The second kappa shape index (κ2) is 7.53. The number of nitrogens with one attached hydrogen (secondary N) is 2. The van der Waals surface area contributed by atoms with E-state index in [0.717, 1.165) is 10.9 Å². The predicted octanol–water partition coefficient (Wildman–Crippen LogP) is 3.20. The largest absolute Gasteiger partial charge is 0.451 e. The molecule has 8 nitrogen and oxygen atoms in total. The fraction of sp³-hybridized carbons (Fsp3) is 0.0526. The molecule has 0 saturated carbocycles. The Morgan fingerprint density at radius 3 is 2.82 bits per heavy atom. The van der Waals surface area contributed by atoms with Crippen LogP contribution in [0.4, 0.5) is 5.69 Å². The first-order chi connectivity index (χ1) is 13.6.